The van der Waals surface area contributed by atoms with Gasteiger partial charge in [0.2, 0.25) is 5.76 Å². The van der Waals surface area contributed by atoms with E-state index in [2.05, 4.69) is 20.0 Å². The van der Waals surface area contributed by atoms with E-state index < -0.39 is 0 Å². The molecule has 22 heavy (non-hydrogen) atoms. The van der Waals surface area contributed by atoms with Crippen LogP contribution in [0.5, 0.6) is 0 Å². The number of aromatic amines is 1. The smallest absolute Gasteiger partial charge is 0.202 e. The van der Waals surface area contributed by atoms with Gasteiger partial charge in [-0.1, -0.05) is 5.16 Å². The zero-order chi connectivity index (χ0) is 14.9. The van der Waals surface area contributed by atoms with Gasteiger partial charge in [-0.2, -0.15) is 0 Å². The van der Waals surface area contributed by atoms with Crippen molar-refractivity contribution >= 4 is 12.2 Å². The van der Waals surface area contributed by atoms with Gasteiger partial charge >= 0.3 is 0 Å². The summed E-state index contributed by atoms with van der Waals surface area (Å²) >= 11 is 5.06. The molecule has 6 nitrogen and oxygen atoms in total. The zero-order valence-corrected chi connectivity index (χ0v) is 12.6. The molecule has 0 saturated heterocycles. The Morgan fingerprint density at radius 1 is 1.36 bits per heavy atom. The highest BCUT2D eigenvalue weighted by molar-refractivity contribution is 7.71. The van der Waals surface area contributed by atoms with E-state index in [4.69, 9.17) is 21.2 Å². The molecule has 4 rings (SSSR count). The first-order chi connectivity index (χ1) is 10.8. The SMILES string of the molecule is S=c1ncc2c([nH]1)CCN(Cc1cc(-c3ccco3)on1)C2. The summed E-state index contributed by atoms with van der Waals surface area (Å²) in [6.45, 7) is 2.52. The predicted octanol–water partition coefficient (Wildman–Crippen LogP) is 2.95. The average Bonchev–Trinajstić information content (AvgIpc) is 3.18. The number of aromatic nitrogens is 3. The number of rotatable bonds is 3. The van der Waals surface area contributed by atoms with Gasteiger partial charge < -0.3 is 13.9 Å². The summed E-state index contributed by atoms with van der Waals surface area (Å²) in [5.41, 5.74) is 3.27. The van der Waals surface area contributed by atoms with Crippen molar-refractivity contribution in [1.29, 1.82) is 0 Å². The Morgan fingerprint density at radius 3 is 3.18 bits per heavy atom. The molecule has 3 aromatic heterocycles. The van der Waals surface area contributed by atoms with E-state index in [1.807, 2.05) is 24.4 Å². The lowest BCUT2D eigenvalue weighted by Gasteiger charge is -2.27. The van der Waals surface area contributed by atoms with Crippen LogP contribution in [0.15, 0.2) is 39.6 Å². The summed E-state index contributed by atoms with van der Waals surface area (Å²) in [5.74, 6) is 1.35. The topological polar surface area (TPSA) is 71.1 Å². The Morgan fingerprint density at radius 2 is 2.32 bits per heavy atom. The summed E-state index contributed by atoms with van der Waals surface area (Å²) in [7, 11) is 0. The molecule has 0 fully saturated rings. The number of nitrogens with one attached hydrogen (secondary N) is 1. The molecule has 7 heteroatoms. The molecule has 1 aliphatic rings. The second-order valence-electron chi connectivity index (χ2n) is 5.31. The van der Waals surface area contributed by atoms with E-state index in [9.17, 15) is 0 Å². The molecular formula is C15H14N4O2S. The van der Waals surface area contributed by atoms with Crippen molar-refractivity contribution in [3.63, 3.8) is 0 Å². The van der Waals surface area contributed by atoms with E-state index in [1.54, 1.807) is 6.26 Å². The number of hydrogen-bond acceptors (Lipinski definition) is 6. The Kier molecular flexibility index (Phi) is 3.36. The molecule has 0 unspecified atom stereocenters. The van der Waals surface area contributed by atoms with Crippen LogP contribution in [0.1, 0.15) is 17.0 Å². The van der Waals surface area contributed by atoms with Gasteiger partial charge in [0, 0.05) is 49.6 Å². The average molecular weight is 314 g/mol. The summed E-state index contributed by atoms with van der Waals surface area (Å²) in [6.07, 6.45) is 4.41. The number of nitrogens with zero attached hydrogens (tertiary/aromatic N) is 3. The molecule has 4 heterocycles. The van der Waals surface area contributed by atoms with E-state index in [-0.39, 0.29) is 0 Å². The zero-order valence-electron chi connectivity index (χ0n) is 11.8. The van der Waals surface area contributed by atoms with Crippen LogP contribution in [0.4, 0.5) is 0 Å². The highest BCUT2D eigenvalue weighted by Crippen LogP contribution is 2.23. The van der Waals surface area contributed by atoms with Crippen LogP contribution in [0, 0.1) is 4.77 Å². The number of H-pyrrole nitrogens is 1. The second kappa shape index (κ2) is 5.51. The molecule has 0 saturated carbocycles. The van der Waals surface area contributed by atoms with Crippen molar-refractivity contribution in [2.75, 3.05) is 6.54 Å². The summed E-state index contributed by atoms with van der Waals surface area (Å²) in [5, 5.41) is 4.12. The molecule has 1 aliphatic heterocycles. The summed E-state index contributed by atoms with van der Waals surface area (Å²) in [4.78, 5) is 9.63. The van der Waals surface area contributed by atoms with Gasteiger partial charge in [0.05, 0.1) is 12.0 Å². The normalized spacial score (nSPS) is 14.9. The minimum absolute atomic E-state index is 0.548. The Labute approximate surface area is 131 Å². The largest absolute Gasteiger partial charge is 0.461 e. The van der Waals surface area contributed by atoms with Gasteiger partial charge in [0.25, 0.3) is 0 Å². The van der Waals surface area contributed by atoms with Gasteiger partial charge in [0.15, 0.2) is 10.5 Å². The third-order valence-corrected chi connectivity index (χ3v) is 3.97. The molecule has 0 bridgehead atoms. The van der Waals surface area contributed by atoms with Crippen LogP contribution in [0.3, 0.4) is 0 Å². The minimum atomic E-state index is 0.548. The summed E-state index contributed by atoms with van der Waals surface area (Å²) < 4.78 is 11.2. The van der Waals surface area contributed by atoms with Crippen molar-refractivity contribution in [3.8, 4) is 11.5 Å². The fourth-order valence-corrected chi connectivity index (χ4v) is 2.87. The lowest BCUT2D eigenvalue weighted by molar-refractivity contribution is 0.235. The number of furan rings is 1. The van der Waals surface area contributed by atoms with Gasteiger partial charge in [-0.3, -0.25) is 4.90 Å². The first kappa shape index (κ1) is 13.4. The van der Waals surface area contributed by atoms with Crippen molar-refractivity contribution in [2.45, 2.75) is 19.5 Å². The maximum Gasteiger partial charge on any atom is 0.202 e. The quantitative estimate of drug-likeness (QED) is 0.750. The Bertz CT molecular complexity index is 837. The number of fused-ring (bicyclic) bond motifs is 1. The van der Waals surface area contributed by atoms with Crippen LogP contribution < -0.4 is 0 Å². The standard InChI is InChI=1S/C15H14N4O2S/c22-15-16-7-10-8-19(4-3-12(10)17-15)9-11-6-14(21-18-11)13-2-1-5-20-13/h1-2,5-7H,3-4,8-9H2,(H,16,17,22). The predicted molar refractivity (Wildman–Crippen MR) is 81.4 cm³/mol. The van der Waals surface area contributed by atoms with Gasteiger partial charge in [-0.15, -0.1) is 0 Å². The Balaban J connectivity index is 1.48. The van der Waals surface area contributed by atoms with Gasteiger partial charge in [-0.05, 0) is 24.4 Å². The fourth-order valence-electron chi connectivity index (χ4n) is 2.69. The highest BCUT2D eigenvalue weighted by Gasteiger charge is 2.19. The van der Waals surface area contributed by atoms with E-state index in [1.165, 1.54) is 11.3 Å². The molecule has 0 amide bonds. The summed E-state index contributed by atoms with van der Waals surface area (Å²) in [6, 6.07) is 5.61. The lowest BCUT2D eigenvalue weighted by atomic mass is 10.1. The van der Waals surface area contributed by atoms with Crippen molar-refractivity contribution in [1.82, 2.24) is 20.0 Å². The van der Waals surface area contributed by atoms with E-state index in [0.29, 0.717) is 16.3 Å². The fraction of sp³-hybridized carbons (Fsp3) is 0.267. The highest BCUT2D eigenvalue weighted by atomic mass is 32.1. The molecule has 0 spiro atoms. The molecule has 0 aromatic carbocycles. The van der Waals surface area contributed by atoms with Crippen molar-refractivity contribution < 1.29 is 8.94 Å². The molecule has 0 radical (unpaired) electrons. The molecule has 3 aromatic rings. The minimum Gasteiger partial charge on any atom is -0.461 e. The first-order valence-electron chi connectivity index (χ1n) is 7.07. The van der Waals surface area contributed by atoms with E-state index in [0.717, 1.165) is 31.7 Å². The monoisotopic (exact) mass is 314 g/mol. The van der Waals surface area contributed by atoms with Crippen LogP contribution in [0.2, 0.25) is 0 Å². The van der Waals surface area contributed by atoms with Crippen molar-refractivity contribution in [3.05, 3.63) is 52.4 Å². The lowest BCUT2D eigenvalue weighted by Crippen LogP contribution is -2.30. The molecule has 0 aliphatic carbocycles. The maximum atomic E-state index is 5.33. The molecule has 1 N–H and O–H groups in total. The van der Waals surface area contributed by atoms with Crippen LogP contribution >= 0.6 is 12.2 Å². The van der Waals surface area contributed by atoms with Crippen molar-refractivity contribution in [2.24, 2.45) is 0 Å². The second-order valence-corrected chi connectivity index (χ2v) is 5.70. The van der Waals surface area contributed by atoms with E-state index >= 15 is 0 Å². The molecule has 112 valence electrons. The first-order valence-corrected chi connectivity index (χ1v) is 7.48. The number of hydrogen-bond donors (Lipinski definition) is 1. The third-order valence-electron chi connectivity index (χ3n) is 3.76. The van der Waals surface area contributed by atoms with Gasteiger partial charge in [-0.25, -0.2) is 4.98 Å². The van der Waals surface area contributed by atoms with Crippen LogP contribution in [0.25, 0.3) is 11.5 Å². The van der Waals surface area contributed by atoms with Crippen LogP contribution in [-0.4, -0.2) is 26.6 Å². The van der Waals surface area contributed by atoms with Gasteiger partial charge in [0.1, 0.15) is 0 Å². The van der Waals surface area contributed by atoms with Crippen LogP contribution in [-0.2, 0) is 19.5 Å². The third kappa shape index (κ3) is 2.60. The molecular weight excluding hydrogens is 300 g/mol. The maximum absolute atomic E-state index is 5.33. The molecule has 0 atom stereocenters. The Hall–Kier alpha value is -2.25.